The summed E-state index contributed by atoms with van der Waals surface area (Å²) >= 11 is 0. The van der Waals surface area contributed by atoms with Crippen LogP contribution in [-0.2, 0) is 19.1 Å². The van der Waals surface area contributed by atoms with E-state index in [1.165, 1.54) is 0 Å². The summed E-state index contributed by atoms with van der Waals surface area (Å²) in [6, 6.07) is 0. The van der Waals surface area contributed by atoms with Gasteiger partial charge in [-0.25, -0.2) is 0 Å². The molecule has 5 heteroatoms. The molecular formula is C17H28O5. The van der Waals surface area contributed by atoms with Crippen molar-refractivity contribution in [2.45, 2.75) is 46.6 Å². The Morgan fingerprint density at radius 1 is 1.05 bits per heavy atom. The minimum Gasteiger partial charge on any atom is -0.463 e. The molecule has 0 amide bonds. The molecule has 2 saturated carbocycles. The fourth-order valence-corrected chi connectivity index (χ4v) is 4.26. The standard InChI is InChI=1S/C17H28O5/c1-9-10(2)12-8-11(9)13(15(19)21-7-6-18)14(12)16(20)22-17(3,4)5/h9-14,18H,6-8H2,1-5H3. The van der Waals surface area contributed by atoms with Crippen LogP contribution in [0.4, 0.5) is 0 Å². The van der Waals surface area contributed by atoms with Gasteiger partial charge in [-0.1, -0.05) is 13.8 Å². The van der Waals surface area contributed by atoms with Crippen LogP contribution in [0.3, 0.4) is 0 Å². The lowest BCUT2D eigenvalue weighted by Gasteiger charge is -2.37. The number of aliphatic hydroxyl groups excluding tert-OH is 1. The summed E-state index contributed by atoms with van der Waals surface area (Å²) in [7, 11) is 0. The largest absolute Gasteiger partial charge is 0.463 e. The Hall–Kier alpha value is -1.10. The molecule has 0 aromatic heterocycles. The van der Waals surface area contributed by atoms with Gasteiger partial charge in [0, 0.05) is 0 Å². The van der Waals surface area contributed by atoms with Crippen molar-refractivity contribution >= 4 is 11.9 Å². The smallest absolute Gasteiger partial charge is 0.310 e. The molecule has 2 bridgehead atoms. The Balaban J connectivity index is 2.20. The summed E-state index contributed by atoms with van der Waals surface area (Å²) in [5, 5.41) is 8.84. The monoisotopic (exact) mass is 312 g/mol. The zero-order valence-corrected chi connectivity index (χ0v) is 14.2. The molecule has 1 N–H and O–H groups in total. The van der Waals surface area contributed by atoms with Gasteiger partial charge in [0.15, 0.2) is 0 Å². The van der Waals surface area contributed by atoms with Gasteiger partial charge in [-0.15, -0.1) is 0 Å². The topological polar surface area (TPSA) is 72.8 Å². The molecule has 22 heavy (non-hydrogen) atoms. The van der Waals surface area contributed by atoms with Gasteiger partial charge >= 0.3 is 11.9 Å². The first-order chi connectivity index (χ1) is 10.2. The number of esters is 2. The van der Waals surface area contributed by atoms with Crippen LogP contribution in [0.25, 0.3) is 0 Å². The van der Waals surface area contributed by atoms with E-state index in [4.69, 9.17) is 14.6 Å². The number of aliphatic hydroxyl groups is 1. The number of ether oxygens (including phenoxy) is 2. The van der Waals surface area contributed by atoms with E-state index in [-0.39, 0.29) is 37.0 Å². The number of hydrogen-bond donors (Lipinski definition) is 1. The molecule has 6 unspecified atom stereocenters. The van der Waals surface area contributed by atoms with E-state index in [1.807, 2.05) is 20.8 Å². The van der Waals surface area contributed by atoms with Gasteiger partial charge in [0.05, 0.1) is 18.4 Å². The Morgan fingerprint density at radius 2 is 1.55 bits per heavy atom. The molecule has 2 fully saturated rings. The van der Waals surface area contributed by atoms with Crippen LogP contribution in [0, 0.1) is 35.5 Å². The molecular weight excluding hydrogens is 284 g/mol. The van der Waals surface area contributed by atoms with Crippen molar-refractivity contribution < 1.29 is 24.2 Å². The molecule has 0 radical (unpaired) electrons. The predicted molar refractivity (Wildman–Crippen MR) is 80.8 cm³/mol. The summed E-state index contributed by atoms with van der Waals surface area (Å²) in [6.07, 6.45) is 0.880. The highest BCUT2D eigenvalue weighted by Gasteiger charge is 2.61. The van der Waals surface area contributed by atoms with Crippen LogP contribution < -0.4 is 0 Å². The van der Waals surface area contributed by atoms with E-state index in [9.17, 15) is 9.59 Å². The summed E-state index contributed by atoms with van der Waals surface area (Å²) in [6.45, 7) is 9.60. The highest BCUT2D eigenvalue weighted by atomic mass is 16.6. The highest BCUT2D eigenvalue weighted by Crippen LogP contribution is 2.58. The lowest BCUT2D eigenvalue weighted by atomic mass is 9.69. The third-order valence-corrected chi connectivity index (χ3v) is 5.32. The quantitative estimate of drug-likeness (QED) is 0.804. The first-order valence-electron chi connectivity index (χ1n) is 8.17. The average Bonchev–Trinajstić information content (AvgIpc) is 2.92. The minimum atomic E-state index is -0.562. The van der Waals surface area contributed by atoms with Crippen molar-refractivity contribution in [2.75, 3.05) is 13.2 Å². The van der Waals surface area contributed by atoms with E-state index >= 15 is 0 Å². The highest BCUT2D eigenvalue weighted by molar-refractivity contribution is 5.84. The molecule has 5 nitrogen and oxygen atoms in total. The predicted octanol–water partition coefficient (Wildman–Crippen LogP) is 2.02. The lowest BCUT2D eigenvalue weighted by Crippen LogP contribution is -2.44. The fourth-order valence-electron chi connectivity index (χ4n) is 4.26. The van der Waals surface area contributed by atoms with Crippen LogP contribution in [0.1, 0.15) is 41.0 Å². The van der Waals surface area contributed by atoms with Gasteiger partial charge in [-0.05, 0) is 50.9 Å². The zero-order valence-electron chi connectivity index (χ0n) is 14.2. The van der Waals surface area contributed by atoms with E-state index in [0.717, 1.165) is 6.42 Å². The second kappa shape index (κ2) is 6.19. The third kappa shape index (κ3) is 3.14. The lowest BCUT2D eigenvalue weighted by molar-refractivity contribution is -0.173. The summed E-state index contributed by atoms with van der Waals surface area (Å²) < 4.78 is 10.7. The Bertz CT molecular complexity index is 439. The molecule has 6 atom stereocenters. The fraction of sp³-hybridized carbons (Fsp3) is 0.882. The van der Waals surface area contributed by atoms with Crippen LogP contribution in [-0.4, -0.2) is 35.9 Å². The molecule has 0 spiro atoms. The second-order valence-corrected chi connectivity index (χ2v) is 7.76. The number of hydrogen-bond acceptors (Lipinski definition) is 5. The molecule has 0 aliphatic heterocycles. The van der Waals surface area contributed by atoms with Crippen LogP contribution in [0.15, 0.2) is 0 Å². The molecule has 2 aliphatic rings. The molecule has 0 aromatic rings. The van der Waals surface area contributed by atoms with Crippen molar-refractivity contribution in [3.63, 3.8) is 0 Å². The summed E-state index contributed by atoms with van der Waals surface area (Å²) in [5.74, 6) is -0.343. The molecule has 126 valence electrons. The third-order valence-electron chi connectivity index (χ3n) is 5.32. The van der Waals surface area contributed by atoms with Gasteiger partial charge in [0.25, 0.3) is 0 Å². The van der Waals surface area contributed by atoms with Gasteiger partial charge in [-0.2, -0.15) is 0 Å². The van der Waals surface area contributed by atoms with Crippen LogP contribution in [0.2, 0.25) is 0 Å². The Morgan fingerprint density at radius 3 is 2.00 bits per heavy atom. The molecule has 2 aliphatic carbocycles. The van der Waals surface area contributed by atoms with E-state index in [1.54, 1.807) is 0 Å². The first-order valence-corrected chi connectivity index (χ1v) is 8.17. The summed E-state index contributed by atoms with van der Waals surface area (Å²) in [5.41, 5.74) is -0.562. The Labute approximate surface area is 132 Å². The van der Waals surface area contributed by atoms with Crippen molar-refractivity contribution in [1.82, 2.24) is 0 Å². The minimum absolute atomic E-state index is 0.0162. The van der Waals surface area contributed by atoms with Crippen LogP contribution in [0.5, 0.6) is 0 Å². The summed E-state index contributed by atoms with van der Waals surface area (Å²) in [4.78, 5) is 25.0. The number of fused-ring (bicyclic) bond motifs is 2. The van der Waals surface area contributed by atoms with Crippen molar-refractivity contribution in [2.24, 2.45) is 35.5 Å². The molecule has 0 saturated heterocycles. The SMILES string of the molecule is CC1C(C)C2CC1C(C(=O)OCCO)C2C(=O)OC(C)(C)C. The Kier molecular flexibility index (Phi) is 4.85. The van der Waals surface area contributed by atoms with Crippen molar-refractivity contribution in [1.29, 1.82) is 0 Å². The van der Waals surface area contributed by atoms with Gasteiger partial charge in [-0.3, -0.25) is 9.59 Å². The normalized spacial score (nSPS) is 37.2. The number of rotatable bonds is 4. The van der Waals surface area contributed by atoms with Gasteiger partial charge < -0.3 is 14.6 Å². The van der Waals surface area contributed by atoms with Crippen LogP contribution >= 0.6 is 0 Å². The molecule has 2 rings (SSSR count). The van der Waals surface area contributed by atoms with E-state index in [2.05, 4.69) is 13.8 Å². The van der Waals surface area contributed by atoms with E-state index in [0.29, 0.717) is 11.8 Å². The van der Waals surface area contributed by atoms with Crippen molar-refractivity contribution in [3.05, 3.63) is 0 Å². The average molecular weight is 312 g/mol. The molecule has 0 aromatic carbocycles. The molecule has 0 heterocycles. The maximum atomic E-state index is 12.6. The van der Waals surface area contributed by atoms with Gasteiger partial charge in [0.1, 0.15) is 12.2 Å². The van der Waals surface area contributed by atoms with E-state index < -0.39 is 17.4 Å². The maximum absolute atomic E-state index is 12.6. The maximum Gasteiger partial charge on any atom is 0.310 e. The van der Waals surface area contributed by atoms with Crippen molar-refractivity contribution in [3.8, 4) is 0 Å². The van der Waals surface area contributed by atoms with Gasteiger partial charge in [0.2, 0.25) is 0 Å². The number of carbonyl (C=O) groups is 2. The second-order valence-electron chi connectivity index (χ2n) is 7.76. The first kappa shape index (κ1) is 17.3. The number of carbonyl (C=O) groups excluding carboxylic acids is 2. The zero-order chi connectivity index (χ0) is 16.7.